The molecule has 1 aromatic heterocycles. The molecular formula is C11H19N3OS. The summed E-state index contributed by atoms with van der Waals surface area (Å²) in [6, 6.07) is 0. The van der Waals surface area contributed by atoms with E-state index in [9.17, 15) is 4.79 Å². The summed E-state index contributed by atoms with van der Waals surface area (Å²) in [4.78, 5) is 15.6. The van der Waals surface area contributed by atoms with Crippen LogP contribution in [0.25, 0.3) is 0 Å². The van der Waals surface area contributed by atoms with Crippen LogP contribution in [-0.4, -0.2) is 24.0 Å². The second-order valence-corrected chi connectivity index (χ2v) is 4.67. The third-order valence-corrected chi connectivity index (χ3v) is 3.19. The molecule has 0 aliphatic carbocycles. The largest absolute Gasteiger partial charge is 0.356 e. The SMILES string of the molecule is Cc1csc(CCCNC(=O)CCCN)n1. The van der Waals surface area contributed by atoms with E-state index in [1.165, 1.54) is 0 Å². The molecule has 0 aliphatic heterocycles. The maximum Gasteiger partial charge on any atom is 0.220 e. The molecule has 1 heterocycles. The zero-order valence-electron chi connectivity index (χ0n) is 9.66. The van der Waals surface area contributed by atoms with Crippen LogP contribution < -0.4 is 11.1 Å². The van der Waals surface area contributed by atoms with Crippen molar-refractivity contribution in [2.45, 2.75) is 32.6 Å². The van der Waals surface area contributed by atoms with Crippen LogP contribution in [0.4, 0.5) is 0 Å². The molecule has 0 saturated carbocycles. The predicted octanol–water partition coefficient (Wildman–Crippen LogP) is 1.24. The molecular weight excluding hydrogens is 222 g/mol. The van der Waals surface area contributed by atoms with Gasteiger partial charge in [-0.25, -0.2) is 4.98 Å². The molecule has 4 nitrogen and oxygen atoms in total. The number of nitrogens with zero attached hydrogens (tertiary/aromatic N) is 1. The van der Waals surface area contributed by atoms with Gasteiger partial charge in [-0.1, -0.05) is 0 Å². The Morgan fingerprint density at radius 3 is 3.00 bits per heavy atom. The summed E-state index contributed by atoms with van der Waals surface area (Å²) in [5, 5.41) is 6.07. The molecule has 5 heteroatoms. The molecule has 1 aromatic rings. The fraction of sp³-hybridized carbons (Fsp3) is 0.636. The maximum absolute atomic E-state index is 11.2. The molecule has 0 aromatic carbocycles. The molecule has 0 bridgehead atoms. The van der Waals surface area contributed by atoms with Crippen LogP contribution >= 0.6 is 11.3 Å². The Balaban J connectivity index is 2.05. The van der Waals surface area contributed by atoms with Crippen LogP contribution in [0.3, 0.4) is 0 Å². The lowest BCUT2D eigenvalue weighted by Crippen LogP contribution is -2.25. The second kappa shape index (κ2) is 7.35. The zero-order valence-corrected chi connectivity index (χ0v) is 10.5. The van der Waals surface area contributed by atoms with Gasteiger partial charge in [-0.05, 0) is 26.3 Å². The second-order valence-electron chi connectivity index (χ2n) is 3.73. The molecule has 0 unspecified atom stereocenters. The van der Waals surface area contributed by atoms with Crippen molar-refractivity contribution in [1.82, 2.24) is 10.3 Å². The van der Waals surface area contributed by atoms with E-state index in [1.807, 2.05) is 6.92 Å². The lowest BCUT2D eigenvalue weighted by Gasteiger charge is -2.03. The number of amides is 1. The number of aryl methyl sites for hydroxylation is 2. The number of carbonyl (C=O) groups excluding carboxylic acids is 1. The highest BCUT2D eigenvalue weighted by molar-refractivity contribution is 7.09. The van der Waals surface area contributed by atoms with E-state index in [1.54, 1.807) is 11.3 Å². The minimum absolute atomic E-state index is 0.0979. The molecule has 3 N–H and O–H groups in total. The Hall–Kier alpha value is -0.940. The third-order valence-electron chi connectivity index (χ3n) is 2.16. The van der Waals surface area contributed by atoms with Crippen LogP contribution in [0.1, 0.15) is 30.0 Å². The summed E-state index contributed by atoms with van der Waals surface area (Å²) in [5.74, 6) is 0.0979. The Kier molecular flexibility index (Phi) is 6.03. The third kappa shape index (κ3) is 5.23. The molecule has 1 rings (SSSR count). The fourth-order valence-electron chi connectivity index (χ4n) is 1.34. The number of hydrogen-bond donors (Lipinski definition) is 2. The minimum atomic E-state index is 0.0979. The van der Waals surface area contributed by atoms with Gasteiger partial charge in [0.2, 0.25) is 5.91 Å². The van der Waals surface area contributed by atoms with Gasteiger partial charge in [0.1, 0.15) is 0 Å². The van der Waals surface area contributed by atoms with Gasteiger partial charge in [0, 0.05) is 30.5 Å². The number of nitrogens with two attached hydrogens (primary N) is 1. The van der Waals surface area contributed by atoms with Crippen LogP contribution in [0.5, 0.6) is 0 Å². The highest BCUT2D eigenvalue weighted by Crippen LogP contribution is 2.10. The van der Waals surface area contributed by atoms with Gasteiger partial charge < -0.3 is 11.1 Å². The van der Waals surface area contributed by atoms with E-state index < -0.39 is 0 Å². The van der Waals surface area contributed by atoms with Crippen molar-refractivity contribution in [2.24, 2.45) is 5.73 Å². The van der Waals surface area contributed by atoms with Gasteiger partial charge in [-0.2, -0.15) is 0 Å². The van der Waals surface area contributed by atoms with E-state index in [2.05, 4.69) is 15.7 Å². The van der Waals surface area contributed by atoms with Gasteiger partial charge in [-0.3, -0.25) is 4.79 Å². The lowest BCUT2D eigenvalue weighted by atomic mass is 10.3. The van der Waals surface area contributed by atoms with E-state index in [0.717, 1.165) is 36.5 Å². The van der Waals surface area contributed by atoms with Gasteiger partial charge in [0.25, 0.3) is 0 Å². The minimum Gasteiger partial charge on any atom is -0.356 e. The van der Waals surface area contributed by atoms with Gasteiger partial charge in [0.05, 0.1) is 5.01 Å². The average Bonchev–Trinajstić information content (AvgIpc) is 2.67. The van der Waals surface area contributed by atoms with Crippen LogP contribution in [-0.2, 0) is 11.2 Å². The van der Waals surface area contributed by atoms with Crippen LogP contribution in [0.2, 0.25) is 0 Å². The van der Waals surface area contributed by atoms with Crippen LogP contribution in [0, 0.1) is 6.92 Å². The summed E-state index contributed by atoms with van der Waals surface area (Å²) in [7, 11) is 0. The first-order valence-corrected chi connectivity index (χ1v) is 6.48. The first kappa shape index (κ1) is 13.1. The predicted molar refractivity (Wildman–Crippen MR) is 66.5 cm³/mol. The Morgan fingerprint density at radius 2 is 2.38 bits per heavy atom. The smallest absolute Gasteiger partial charge is 0.220 e. The Morgan fingerprint density at radius 1 is 1.56 bits per heavy atom. The van der Waals surface area contributed by atoms with E-state index >= 15 is 0 Å². The van der Waals surface area contributed by atoms with E-state index in [4.69, 9.17) is 5.73 Å². The quantitative estimate of drug-likeness (QED) is 0.706. The monoisotopic (exact) mass is 241 g/mol. The normalized spacial score (nSPS) is 10.4. The number of nitrogens with one attached hydrogen (secondary N) is 1. The topological polar surface area (TPSA) is 68.0 Å². The first-order valence-electron chi connectivity index (χ1n) is 5.60. The number of thiazole rings is 1. The van der Waals surface area contributed by atoms with Gasteiger partial charge in [0.15, 0.2) is 0 Å². The molecule has 0 radical (unpaired) electrons. The number of carbonyl (C=O) groups is 1. The standard InChI is InChI=1S/C11H19N3OS/c1-9-8-16-11(14-9)5-3-7-13-10(15)4-2-6-12/h8H,2-7,12H2,1H3,(H,13,15). The Bertz CT molecular complexity index is 325. The van der Waals surface area contributed by atoms with E-state index in [-0.39, 0.29) is 5.91 Å². The van der Waals surface area contributed by atoms with Gasteiger partial charge in [-0.15, -0.1) is 11.3 Å². The molecule has 0 atom stereocenters. The molecule has 0 spiro atoms. The number of aromatic nitrogens is 1. The lowest BCUT2D eigenvalue weighted by molar-refractivity contribution is -0.121. The molecule has 1 amide bonds. The zero-order chi connectivity index (χ0) is 11.8. The molecule has 0 aliphatic rings. The van der Waals surface area contributed by atoms with E-state index in [0.29, 0.717) is 13.0 Å². The number of hydrogen-bond acceptors (Lipinski definition) is 4. The van der Waals surface area contributed by atoms with Crippen molar-refractivity contribution in [3.05, 3.63) is 16.1 Å². The molecule has 0 fully saturated rings. The highest BCUT2D eigenvalue weighted by Gasteiger charge is 2.01. The maximum atomic E-state index is 11.2. The van der Waals surface area contributed by atoms with Crippen molar-refractivity contribution < 1.29 is 4.79 Å². The molecule has 0 saturated heterocycles. The fourth-order valence-corrected chi connectivity index (χ4v) is 2.15. The highest BCUT2D eigenvalue weighted by atomic mass is 32.1. The first-order chi connectivity index (χ1) is 7.72. The van der Waals surface area contributed by atoms with Gasteiger partial charge >= 0.3 is 0 Å². The van der Waals surface area contributed by atoms with Crippen molar-refractivity contribution in [3.63, 3.8) is 0 Å². The van der Waals surface area contributed by atoms with Crippen molar-refractivity contribution in [3.8, 4) is 0 Å². The summed E-state index contributed by atoms with van der Waals surface area (Å²) in [5.41, 5.74) is 6.40. The van der Waals surface area contributed by atoms with Crippen LogP contribution in [0.15, 0.2) is 5.38 Å². The van der Waals surface area contributed by atoms with Crippen molar-refractivity contribution in [2.75, 3.05) is 13.1 Å². The molecule has 16 heavy (non-hydrogen) atoms. The summed E-state index contributed by atoms with van der Waals surface area (Å²) in [6.45, 7) is 3.29. The Labute approximate surface area is 100 Å². The average molecular weight is 241 g/mol. The number of rotatable bonds is 7. The summed E-state index contributed by atoms with van der Waals surface area (Å²) in [6.07, 6.45) is 3.18. The van der Waals surface area contributed by atoms with Crippen molar-refractivity contribution >= 4 is 17.2 Å². The molecule has 90 valence electrons. The van der Waals surface area contributed by atoms with Crippen molar-refractivity contribution in [1.29, 1.82) is 0 Å². The summed E-state index contributed by atoms with van der Waals surface area (Å²) < 4.78 is 0. The summed E-state index contributed by atoms with van der Waals surface area (Å²) >= 11 is 1.68.